The molecule has 2 aromatic heterocycles. The summed E-state index contributed by atoms with van der Waals surface area (Å²) in [6.07, 6.45) is 6.29. The van der Waals surface area contributed by atoms with Gasteiger partial charge in [-0.2, -0.15) is 0 Å². The smallest absolute Gasteiger partial charge is 0.101 e. The van der Waals surface area contributed by atoms with Gasteiger partial charge in [0.1, 0.15) is 11.4 Å². The van der Waals surface area contributed by atoms with Crippen molar-refractivity contribution in [1.29, 1.82) is 0 Å². The Hall–Kier alpha value is 0.760. The van der Waals surface area contributed by atoms with Gasteiger partial charge in [0.15, 0.2) is 0 Å². The van der Waals surface area contributed by atoms with E-state index in [9.17, 15) is 0 Å². The van der Waals surface area contributed by atoms with Crippen molar-refractivity contribution >= 4 is 97.1 Å². The molecule has 2 heterocycles. The van der Waals surface area contributed by atoms with Crippen LogP contribution in [0.3, 0.4) is 0 Å². The van der Waals surface area contributed by atoms with Crippen molar-refractivity contribution in [2.75, 3.05) is 65.4 Å². The topological polar surface area (TPSA) is 126 Å². The molecule has 0 radical (unpaired) electrons. The largest absolute Gasteiger partial charge is 0.330 e. The molecule has 0 saturated carbocycles. The Balaban J connectivity index is -0.000000605. The fraction of sp³-hybridized carbons (Fsp3) is 0.727. The molecule has 8 N–H and O–H groups in total. The fourth-order valence-electron chi connectivity index (χ4n) is 3.11. The van der Waals surface area contributed by atoms with Crippen LogP contribution in [0.2, 0.25) is 0 Å². The molecule has 0 aliphatic rings. The summed E-state index contributed by atoms with van der Waals surface area (Å²) in [4.78, 5) is 9.56. The second-order valence-electron chi connectivity index (χ2n) is 7.74. The van der Waals surface area contributed by atoms with Gasteiger partial charge in [-0.05, 0) is 78.0 Å². The zero-order chi connectivity index (χ0) is 22.7. The van der Waals surface area contributed by atoms with Gasteiger partial charge in [-0.3, -0.25) is 0 Å². The molecule has 0 aliphatic carbocycles. The normalized spacial score (nSPS) is 9.63. The Morgan fingerprint density at radius 1 is 0.500 bits per heavy atom. The first-order valence-electron chi connectivity index (χ1n) is 12.0. The highest BCUT2D eigenvalue weighted by Gasteiger charge is 2.09. The van der Waals surface area contributed by atoms with Crippen molar-refractivity contribution in [2.24, 2.45) is 11.5 Å². The minimum atomic E-state index is 0. The van der Waals surface area contributed by atoms with Crippen molar-refractivity contribution < 1.29 is 0 Å². The van der Waals surface area contributed by atoms with Gasteiger partial charge in [0.25, 0.3) is 0 Å². The van der Waals surface area contributed by atoms with E-state index < -0.39 is 0 Å². The van der Waals surface area contributed by atoms with E-state index in [2.05, 4.69) is 32.0 Å². The lowest BCUT2D eigenvalue weighted by Gasteiger charge is -2.05. The maximum absolute atomic E-state index is 5.49. The molecule has 2 aromatic rings. The van der Waals surface area contributed by atoms with Gasteiger partial charge in [0.2, 0.25) is 0 Å². The van der Waals surface area contributed by atoms with E-state index in [1.807, 2.05) is 0 Å². The second kappa shape index (κ2) is 34.0. The SMILES string of the molecule is Cl.Cl.Cl.Cl.Cl.Cl.NCCCNCCCNCCc1nc(-c2csc(CCNCCCNCCCN)n2)cs1. The summed E-state index contributed by atoms with van der Waals surface area (Å²) in [5.41, 5.74) is 13.0. The number of nitrogens with zero attached hydrogens (tertiary/aromatic N) is 2. The predicted octanol–water partition coefficient (Wildman–Crippen LogP) is 3.72. The summed E-state index contributed by atoms with van der Waals surface area (Å²) in [5, 5.41) is 20.4. The number of rotatable bonds is 21. The van der Waals surface area contributed by atoms with Crippen molar-refractivity contribution in [3.05, 3.63) is 20.8 Å². The van der Waals surface area contributed by atoms with Gasteiger partial charge in [-0.15, -0.1) is 97.1 Å². The average Bonchev–Trinajstić information content (AvgIpc) is 3.46. The van der Waals surface area contributed by atoms with Gasteiger partial charge in [-0.25, -0.2) is 9.97 Å². The van der Waals surface area contributed by atoms with E-state index in [-0.39, 0.29) is 74.4 Å². The molecule has 0 aromatic carbocycles. The van der Waals surface area contributed by atoms with Crippen LogP contribution < -0.4 is 32.7 Å². The molecule has 0 unspecified atom stereocenters. The molecular formula is C22H48Cl6N8S2. The van der Waals surface area contributed by atoms with Crippen molar-refractivity contribution in [2.45, 2.75) is 38.5 Å². The maximum atomic E-state index is 5.49. The third-order valence-corrected chi connectivity index (χ3v) is 6.74. The van der Waals surface area contributed by atoms with Crippen LogP contribution in [0.25, 0.3) is 11.4 Å². The highest BCUT2D eigenvalue weighted by Crippen LogP contribution is 2.24. The molecule has 0 aliphatic heterocycles. The highest BCUT2D eigenvalue weighted by atomic mass is 35.5. The Bertz CT molecular complexity index is 657. The number of nitrogens with two attached hydrogens (primary N) is 2. The Morgan fingerprint density at radius 2 is 0.816 bits per heavy atom. The monoisotopic (exact) mass is 698 g/mol. The standard InChI is InChI=1S/C22H42N8S2.6ClH/c23-7-1-9-25-11-3-13-27-15-5-21-29-19(17-31-21)20-18-32-22(30-20)6-16-28-14-4-12-26-10-2-8-24;;;;;;/h17-18,25-28H,1-16,23-24H2;6*1H. The van der Waals surface area contributed by atoms with Crippen molar-refractivity contribution in [3.63, 3.8) is 0 Å². The van der Waals surface area contributed by atoms with Crippen LogP contribution in [0, 0.1) is 0 Å². The summed E-state index contributed by atoms with van der Waals surface area (Å²) in [6.45, 7) is 9.62. The quantitative estimate of drug-likeness (QED) is 0.109. The number of hydrogen-bond acceptors (Lipinski definition) is 10. The lowest BCUT2D eigenvalue weighted by molar-refractivity contribution is 0.586. The number of halogens is 6. The third-order valence-electron chi connectivity index (χ3n) is 4.93. The van der Waals surface area contributed by atoms with Crippen LogP contribution in [0.4, 0.5) is 0 Å². The first kappa shape index (κ1) is 48.5. The molecule has 2 rings (SSSR count). The highest BCUT2D eigenvalue weighted by molar-refractivity contribution is 7.10. The Kier molecular flexibility index (Phi) is 43.3. The van der Waals surface area contributed by atoms with Crippen LogP contribution in [0.1, 0.15) is 35.7 Å². The molecular weight excluding hydrogens is 653 g/mol. The van der Waals surface area contributed by atoms with Crippen LogP contribution in [0.5, 0.6) is 0 Å². The lowest BCUT2D eigenvalue weighted by Crippen LogP contribution is -2.25. The first-order valence-corrected chi connectivity index (χ1v) is 13.7. The zero-order valence-corrected chi connectivity index (χ0v) is 28.3. The predicted molar refractivity (Wildman–Crippen MR) is 182 cm³/mol. The summed E-state index contributed by atoms with van der Waals surface area (Å²) in [5.74, 6) is 0. The van der Waals surface area contributed by atoms with Crippen LogP contribution in [-0.4, -0.2) is 75.4 Å². The zero-order valence-electron chi connectivity index (χ0n) is 21.8. The van der Waals surface area contributed by atoms with E-state index in [1.165, 1.54) is 10.0 Å². The number of aromatic nitrogens is 2. The molecule has 0 fully saturated rings. The number of nitrogens with one attached hydrogen (secondary N) is 4. The third kappa shape index (κ3) is 23.5. The van der Waals surface area contributed by atoms with Crippen molar-refractivity contribution in [1.82, 2.24) is 31.2 Å². The van der Waals surface area contributed by atoms with Crippen LogP contribution in [-0.2, 0) is 12.8 Å². The van der Waals surface area contributed by atoms with Gasteiger partial charge in [-0.1, -0.05) is 0 Å². The van der Waals surface area contributed by atoms with Gasteiger partial charge >= 0.3 is 0 Å². The Morgan fingerprint density at radius 3 is 1.16 bits per heavy atom. The Labute approximate surface area is 274 Å². The van der Waals surface area contributed by atoms with Crippen LogP contribution >= 0.6 is 97.1 Å². The van der Waals surface area contributed by atoms with E-state index in [1.54, 1.807) is 22.7 Å². The maximum Gasteiger partial charge on any atom is 0.101 e. The molecule has 0 spiro atoms. The van der Waals surface area contributed by atoms with Crippen molar-refractivity contribution in [3.8, 4) is 11.4 Å². The van der Waals surface area contributed by atoms with Gasteiger partial charge in [0, 0.05) is 36.7 Å². The second-order valence-corrected chi connectivity index (χ2v) is 9.63. The molecule has 230 valence electrons. The number of thiazole rings is 2. The van der Waals surface area contributed by atoms with Gasteiger partial charge in [0.05, 0.1) is 10.0 Å². The van der Waals surface area contributed by atoms with E-state index in [4.69, 9.17) is 21.4 Å². The van der Waals surface area contributed by atoms with E-state index in [0.717, 1.165) is 115 Å². The fourth-order valence-corrected chi connectivity index (χ4v) is 4.69. The minimum absolute atomic E-state index is 0. The molecule has 0 bridgehead atoms. The van der Waals surface area contributed by atoms with Gasteiger partial charge < -0.3 is 32.7 Å². The molecule has 38 heavy (non-hydrogen) atoms. The lowest BCUT2D eigenvalue weighted by atomic mass is 10.3. The van der Waals surface area contributed by atoms with E-state index >= 15 is 0 Å². The molecule has 0 amide bonds. The molecule has 16 heteroatoms. The van der Waals surface area contributed by atoms with Crippen LogP contribution in [0.15, 0.2) is 10.8 Å². The summed E-state index contributed by atoms with van der Waals surface area (Å²) in [6, 6.07) is 0. The number of hydrogen-bond donors (Lipinski definition) is 6. The summed E-state index contributed by atoms with van der Waals surface area (Å²) in [7, 11) is 0. The average molecular weight is 702 g/mol. The summed E-state index contributed by atoms with van der Waals surface area (Å²) < 4.78 is 0. The molecule has 0 saturated heterocycles. The first-order chi connectivity index (χ1) is 15.8. The summed E-state index contributed by atoms with van der Waals surface area (Å²) >= 11 is 3.46. The molecule has 0 atom stereocenters. The molecule has 8 nitrogen and oxygen atoms in total. The van der Waals surface area contributed by atoms with E-state index in [0.29, 0.717) is 0 Å². The minimum Gasteiger partial charge on any atom is -0.330 e.